The number of hydrogen-bond donors (Lipinski definition) is 2. The molecule has 0 aliphatic heterocycles. The standard InChI is InChI=1S/C16H23NO4/c1-4-11-16(20,5-2)15(19)17-13(14(18)21-3)12-9-7-6-8-10-12/h6-10,13,20H,4-5,11H2,1-3H3,(H,17,19)/t13-,16+/m1/s1. The van der Waals surface area contributed by atoms with Crippen molar-refractivity contribution < 1.29 is 19.4 Å². The lowest BCUT2D eigenvalue weighted by atomic mass is 9.93. The molecule has 1 rings (SSSR count). The molecule has 0 saturated carbocycles. The van der Waals surface area contributed by atoms with Gasteiger partial charge in [0.1, 0.15) is 5.60 Å². The number of hydrogen-bond acceptors (Lipinski definition) is 4. The van der Waals surface area contributed by atoms with Crippen LogP contribution in [0.1, 0.15) is 44.7 Å². The first kappa shape index (κ1) is 17.2. The van der Waals surface area contributed by atoms with E-state index in [1.165, 1.54) is 7.11 Å². The molecular weight excluding hydrogens is 270 g/mol. The van der Waals surface area contributed by atoms with Gasteiger partial charge in [-0.1, -0.05) is 50.6 Å². The largest absolute Gasteiger partial charge is 0.467 e. The summed E-state index contributed by atoms with van der Waals surface area (Å²) in [6.07, 6.45) is 1.30. The molecule has 2 N–H and O–H groups in total. The first-order valence-corrected chi connectivity index (χ1v) is 7.14. The van der Waals surface area contributed by atoms with Gasteiger partial charge in [0, 0.05) is 0 Å². The van der Waals surface area contributed by atoms with Crippen LogP contribution in [0.3, 0.4) is 0 Å². The van der Waals surface area contributed by atoms with E-state index in [9.17, 15) is 14.7 Å². The van der Waals surface area contributed by atoms with Crippen molar-refractivity contribution in [1.29, 1.82) is 0 Å². The average molecular weight is 293 g/mol. The Bertz CT molecular complexity index is 474. The van der Waals surface area contributed by atoms with Crippen molar-refractivity contribution in [3.05, 3.63) is 35.9 Å². The van der Waals surface area contributed by atoms with Crippen LogP contribution in [0.4, 0.5) is 0 Å². The first-order valence-electron chi connectivity index (χ1n) is 7.14. The van der Waals surface area contributed by atoms with Crippen LogP contribution in [0.25, 0.3) is 0 Å². The molecule has 116 valence electrons. The number of rotatable bonds is 7. The highest BCUT2D eigenvalue weighted by molar-refractivity contribution is 5.90. The molecule has 0 saturated heterocycles. The molecular formula is C16H23NO4. The Hall–Kier alpha value is -1.88. The van der Waals surface area contributed by atoms with Crippen LogP contribution < -0.4 is 5.32 Å². The van der Waals surface area contributed by atoms with Gasteiger partial charge in [0.2, 0.25) is 0 Å². The topological polar surface area (TPSA) is 75.6 Å². The number of carbonyl (C=O) groups excluding carboxylic acids is 2. The van der Waals surface area contributed by atoms with Crippen molar-refractivity contribution in [3.63, 3.8) is 0 Å². The average Bonchev–Trinajstić information content (AvgIpc) is 2.52. The van der Waals surface area contributed by atoms with Gasteiger partial charge >= 0.3 is 5.97 Å². The Kier molecular flexibility index (Phi) is 6.37. The minimum atomic E-state index is -1.46. The Labute approximate surface area is 125 Å². The van der Waals surface area contributed by atoms with E-state index >= 15 is 0 Å². The Morgan fingerprint density at radius 1 is 1.29 bits per heavy atom. The van der Waals surface area contributed by atoms with Gasteiger partial charge in [0.15, 0.2) is 6.04 Å². The number of esters is 1. The van der Waals surface area contributed by atoms with Gasteiger partial charge in [-0.3, -0.25) is 4.79 Å². The van der Waals surface area contributed by atoms with E-state index in [1.54, 1.807) is 31.2 Å². The van der Waals surface area contributed by atoms with Gasteiger partial charge in [0.25, 0.3) is 5.91 Å². The summed E-state index contributed by atoms with van der Waals surface area (Å²) < 4.78 is 4.74. The molecule has 21 heavy (non-hydrogen) atoms. The molecule has 0 unspecified atom stereocenters. The number of ether oxygens (including phenoxy) is 1. The maximum absolute atomic E-state index is 12.3. The van der Waals surface area contributed by atoms with Crippen LogP contribution in [0.5, 0.6) is 0 Å². The molecule has 0 aliphatic carbocycles. The normalized spacial score (nSPS) is 14.9. The van der Waals surface area contributed by atoms with Crippen LogP contribution in [-0.2, 0) is 14.3 Å². The molecule has 1 aromatic carbocycles. The summed E-state index contributed by atoms with van der Waals surface area (Å²) >= 11 is 0. The van der Waals surface area contributed by atoms with Gasteiger partial charge in [-0.15, -0.1) is 0 Å². The van der Waals surface area contributed by atoms with E-state index in [2.05, 4.69) is 5.32 Å². The number of carbonyl (C=O) groups is 2. The van der Waals surface area contributed by atoms with E-state index in [-0.39, 0.29) is 6.42 Å². The molecule has 5 heteroatoms. The Morgan fingerprint density at radius 2 is 1.90 bits per heavy atom. The van der Waals surface area contributed by atoms with Crippen LogP contribution in [0.2, 0.25) is 0 Å². The fourth-order valence-electron chi connectivity index (χ4n) is 2.17. The summed E-state index contributed by atoms with van der Waals surface area (Å²) in [5.41, 5.74) is -0.844. The van der Waals surface area contributed by atoms with E-state index in [0.29, 0.717) is 18.4 Å². The first-order chi connectivity index (χ1) is 9.98. The van der Waals surface area contributed by atoms with E-state index < -0.39 is 23.5 Å². The maximum atomic E-state index is 12.3. The molecule has 1 amide bonds. The smallest absolute Gasteiger partial charge is 0.333 e. The van der Waals surface area contributed by atoms with Gasteiger partial charge in [-0.25, -0.2) is 4.79 Å². The third kappa shape index (κ3) is 4.29. The van der Waals surface area contributed by atoms with Crippen molar-refractivity contribution in [2.75, 3.05) is 7.11 Å². The lowest BCUT2D eigenvalue weighted by Crippen LogP contribution is -2.49. The second-order valence-electron chi connectivity index (χ2n) is 4.98. The zero-order valence-corrected chi connectivity index (χ0v) is 12.8. The number of methoxy groups -OCH3 is 1. The number of aliphatic hydroxyl groups is 1. The van der Waals surface area contributed by atoms with Crippen molar-refractivity contribution >= 4 is 11.9 Å². The number of nitrogens with one attached hydrogen (secondary N) is 1. The minimum Gasteiger partial charge on any atom is -0.467 e. The lowest BCUT2D eigenvalue weighted by molar-refractivity contribution is -0.150. The zero-order chi connectivity index (χ0) is 15.9. The third-order valence-electron chi connectivity index (χ3n) is 3.52. The predicted molar refractivity (Wildman–Crippen MR) is 79.5 cm³/mol. The molecule has 0 aromatic heterocycles. The highest BCUT2D eigenvalue weighted by atomic mass is 16.5. The van der Waals surface area contributed by atoms with Crippen molar-refractivity contribution in [3.8, 4) is 0 Å². The minimum absolute atomic E-state index is 0.287. The predicted octanol–water partition coefficient (Wildman–Crippen LogP) is 1.96. The molecule has 0 radical (unpaired) electrons. The monoisotopic (exact) mass is 293 g/mol. The summed E-state index contributed by atoms with van der Waals surface area (Å²) in [6, 6.07) is 7.90. The van der Waals surface area contributed by atoms with E-state index in [1.807, 2.05) is 13.0 Å². The van der Waals surface area contributed by atoms with Crippen LogP contribution >= 0.6 is 0 Å². The third-order valence-corrected chi connectivity index (χ3v) is 3.52. The summed E-state index contributed by atoms with van der Waals surface area (Å²) in [7, 11) is 1.27. The summed E-state index contributed by atoms with van der Waals surface area (Å²) in [5, 5.41) is 13.0. The molecule has 5 nitrogen and oxygen atoms in total. The lowest BCUT2D eigenvalue weighted by Gasteiger charge is -2.27. The highest BCUT2D eigenvalue weighted by Gasteiger charge is 2.36. The van der Waals surface area contributed by atoms with Crippen LogP contribution in [-0.4, -0.2) is 29.7 Å². The molecule has 2 atom stereocenters. The van der Waals surface area contributed by atoms with Gasteiger partial charge in [-0.05, 0) is 18.4 Å². The Morgan fingerprint density at radius 3 is 2.38 bits per heavy atom. The quantitative estimate of drug-likeness (QED) is 0.754. The van der Waals surface area contributed by atoms with Gasteiger partial charge < -0.3 is 15.2 Å². The maximum Gasteiger partial charge on any atom is 0.333 e. The van der Waals surface area contributed by atoms with E-state index in [4.69, 9.17) is 4.74 Å². The van der Waals surface area contributed by atoms with Gasteiger partial charge in [-0.2, -0.15) is 0 Å². The molecule has 0 fully saturated rings. The zero-order valence-electron chi connectivity index (χ0n) is 12.8. The van der Waals surface area contributed by atoms with Crippen LogP contribution in [0, 0.1) is 0 Å². The fourth-order valence-corrected chi connectivity index (χ4v) is 2.17. The van der Waals surface area contributed by atoms with E-state index in [0.717, 1.165) is 0 Å². The van der Waals surface area contributed by atoms with Gasteiger partial charge in [0.05, 0.1) is 7.11 Å². The van der Waals surface area contributed by atoms with Crippen molar-refractivity contribution in [2.45, 2.75) is 44.8 Å². The SMILES string of the molecule is CCC[C@@](O)(CC)C(=O)N[C@@H](C(=O)OC)c1ccccc1. The van der Waals surface area contributed by atoms with Crippen LogP contribution in [0.15, 0.2) is 30.3 Å². The second-order valence-corrected chi connectivity index (χ2v) is 4.98. The summed E-state index contributed by atoms with van der Waals surface area (Å²) in [5.74, 6) is -1.12. The summed E-state index contributed by atoms with van der Waals surface area (Å²) in [6.45, 7) is 3.63. The number of benzene rings is 1. The van der Waals surface area contributed by atoms with Crippen molar-refractivity contribution in [2.24, 2.45) is 0 Å². The van der Waals surface area contributed by atoms with Crippen molar-refractivity contribution in [1.82, 2.24) is 5.32 Å². The summed E-state index contributed by atoms with van der Waals surface area (Å²) in [4.78, 5) is 24.2. The molecule has 0 aliphatic rings. The molecule has 1 aromatic rings. The fraction of sp³-hybridized carbons (Fsp3) is 0.500. The molecule has 0 heterocycles. The number of amides is 1. The molecule has 0 bridgehead atoms. The highest BCUT2D eigenvalue weighted by Crippen LogP contribution is 2.21. The second kappa shape index (κ2) is 7.78. The molecule has 0 spiro atoms. The Balaban J connectivity index is 2.97.